The van der Waals surface area contributed by atoms with Gasteiger partial charge in [-0.15, -0.1) is 0 Å². The van der Waals surface area contributed by atoms with Crippen molar-refractivity contribution in [2.24, 2.45) is 0 Å². The van der Waals surface area contributed by atoms with Gasteiger partial charge in [0.1, 0.15) is 0 Å². The summed E-state index contributed by atoms with van der Waals surface area (Å²) in [5.41, 5.74) is 2.75. The van der Waals surface area contributed by atoms with Crippen LogP contribution in [0.4, 0.5) is 0 Å². The van der Waals surface area contributed by atoms with Gasteiger partial charge in [-0.05, 0) is 18.9 Å². The van der Waals surface area contributed by atoms with Gasteiger partial charge in [0.25, 0.3) is 0 Å². The molecule has 0 saturated heterocycles. The number of hydrogen-bond acceptors (Lipinski definition) is 1. The average Bonchev–Trinajstić information content (AvgIpc) is 2.01. The SMILES string of the molecule is Cc1cccc(CCN(P)P)c1. The smallest absolute Gasteiger partial charge is 0.00913 e. The highest BCUT2D eigenvalue weighted by Crippen LogP contribution is 2.10. The lowest BCUT2D eigenvalue weighted by atomic mass is 10.1. The van der Waals surface area contributed by atoms with Crippen LogP contribution in [0, 0.1) is 6.92 Å². The van der Waals surface area contributed by atoms with E-state index in [-0.39, 0.29) is 0 Å². The molecule has 1 aromatic carbocycles. The molecule has 0 amide bonds. The van der Waals surface area contributed by atoms with Crippen molar-refractivity contribution in [1.29, 1.82) is 0 Å². The third-order valence-electron chi connectivity index (χ3n) is 1.74. The maximum atomic E-state index is 2.64. The molecule has 0 aliphatic rings. The van der Waals surface area contributed by atoms with E-state index >= 15 is 0 Å². The summed E-state index contributed by atoms with van der Waals surface area (Å²) in [6.45, 7) is 3.18. The van der Waals surface area contributed by atoms with Crippen LogP contribution in [-0.2, 0) is 6.42 Å². The molecule has 66 valence electrons. The Morgan fingerprint density at radius 1 is 1.33 bits per heavy atom. The molecular weight excluding hydrogens is 184 g/mol. The Hall–Kier alpha value is 0.0400. The van der Waals surface area contributed by atoms with Crippen LogP contribution in [0.2, 0.25) is 0 Å². The van der Waals surface area contributed by atoms with E-state index in [1.807, 2.05) is 4.44 Å². The molecule has 0 heterocycles. The molecule has 0 bridgehead atoms. The lowest BCUT2D eigenvalue weighted by Crippen LogP contribution is -2.02. The maximum Gasteiger partial charge on any atom is 0.00913 e. The first kappa shape index (κ1) is 10.1. The summed E-state index contributed by atoms with van der Waals surface area (Å²) in [6.07, 6.45) is 1.11. The first-order valence-electron chi connectivity index (χ1n) is 4.01. The molecular formula is C9H15NP2. The van der Waals surface area contributed by atoms with Crippen LogP contribution in [0.15, 0.2) is 24.3 Å². The van der Waals surface area contributed by atoms with Gasteiger partial charge in [-0.25, -0.2) is 0 Å². The summed E-state index contributed by atoms with van der Waals surface area (Å²) in [4.78, 5) is 0. The Bertz CT molecular complexity index is 248. The van der Waals surface area contributed by atoms with Gasteiger partial charge in [-0.2, -0.15) is 0 Å². The van der Waals surface area contributed by atoms with E-state index in [1.165, 1.54) is 11.1 Å². The van der Waals surface area contributed by atoms with Crippen LogP contribution in [0.3, 0.4) is 0 Å². The summed E-state index contributed by atoms with van der Waals surface area (Å²) in [6, 6.07) is 8.65. The van der Waals surface area contributed by atoms with E-state index in [2.05, 4.69) is 50.0 Å². The van der Waals surface area contributed by atoms with Crippen molar-refractivity contribution in [2.75, 3.05) is 6.54 Å². The molecule has 0 aliphatic heterocycles. The number of hydrogen-bond donors (Lipinski definition) is 0. The van der Waals surface area contributed by atoms with Crippen molar-refractivity contribution in [3.63, 3.8) is 0 Å². The number of benzene rings is 1. The number of rotatable bonds is 3. The molecule has 1 aromatic rings. The molecule has 0 aromatic heterocycles. The molecule has 3 heteroatoms. The van der Waals surface area contributed by atoms with E-state index in [1.54, 1.807) is 0 Å². The second-order valence-electron chi connectivity index (χ2n) is 2.98. The van der Waals surface area contributed by atoms with Gasteiger partial charge in [0.05, 0.1) is 0 Å². The van der Waals surface area contributed by atoms with Crippen LogP contribution in [-0.4, -0.2) is 11.0 Å². The molecule has 0 radical (unpaired) electrons. The number of nitrogens with zero attached hydrogens (tertiary/aromatic N) is 1. The van der Waals surface area contributed by atoms with Gasteiger partial charge in [-0.1, -0.05) is 48.6 Å². The molecule has 2 unspecified atom stereocenters. The largest absolute Gasteiger partial charge is 0.272 e. The third kappa shape index (κ3) is 3.63. The van der Waals surface area contributed by atoms with Crippen LogP contribution in [0.1, 0.15) is 11.1 Å². The zero-order valence-corrected chi connectivity index (χ0v) is 9.63. The van der Waals surface area contributed by atoms with Crippen molar-refractivity contribution in [3.05, 3.63) is 35.4 Å². The Morgan fingerprint density at radius 2 is 2.08 bits per heavy atom. The summed E-state index contributed by atoms with van der Waals surface area (Å²) in [7, 11) is 5.27. The van der Waals surface area contributed by atoms with Crippen molar-refractivity contribution in [1.82, 2.24) is 4.44 Å². The second-order valence-corrected chi connectivity index (χ2v) is 4.90. The van der Waals surface area contributed by atoms with E-state index in [4.69, 9.17) is 0 Å². The van der Waals surface area contributed by atoms with Crippen molar-refractivity contribution in [3.8, 4) is 0 Å². The molecule has 0 N–H and O–H groups in total. The Balaban J connectivity index is 2.52. The average molecular weight is 199 g/mol. The van der Waals surface area contributed by atoms with E-state index < -0.39 is 0 Å². The van der Waals surface area contributed by atoms with Gasteiger partial charge in [0, 0.05) is 6.54 Å². The van der Waals surface area contributed by atoms with E-state index in [0.29, 0.717) is 0 Å². The molecule has 0 saturated carbocycles. The number of aryl methyl sites for hydroxylation is 1. The molecule has 1 rings (SSSR count). The van der Waals surface area contributed by atoms with Crippen LogP contribution < -0.4 is 0 Å². The summed E-state index contributed by atoms with van der Waals surface area (Å²) in [5, 5.41) is 0. The maximum absolute atomic E-state index is 2.64. The van der Waals surface area contributed by atoms with E-state index in [0.717, 1.165) is 13.0 Å². The zero-order chi connectivity index (χ0) is 8.97. The fourth-order valence-electron chi connectivity index (χ4n) is 1.13. The highest BCUT2D eigenvalue weighted by Gasteiger charge is 1.94. The minimum absolute atomic E-state index is 1.05. The lowest BCUT2D eigenvalue weighted by Gasteiger charge is -2.08. The minimum Gasteiger partial charge on any atom is -0.272 e. The van der Waals surface area contributed by atoms with Crippen molar-refractivity contribution in [2.45, 2.75) is 13.3 Å². The monoisotopic (exact) mass is 199 g/mol. The molecule has 0 aliphatic carbocycles. The predicted octanol–water partition coefficient (Wildman–Crippen LogP) is 2.42. The van der Waals surface area contributed by atoms with Gasteiger partial charge < -0.3 is 0 Å². The lowest BCUT2D eigenvalue weighted by molar-refractivity contribution is 0.726. The van der Waals surface area contributed by atoms with Crippen LogP contribution in [0.25, 0.3) is 0 Å². The predicted molar refractivity (Wildman–Crippen MR) is 61.0 cm³/mol. The molecule has 0 fully saturated rings. The fraction of sp³-hybridized carbons (Fsp3) is 0.333. The highest BCUT2D eigenvalue weighted by molar-refractivity contribution is 7.30. The normalized spacial score (nSPS) is 10.7. The highest BCUT2D eigenvalue weighted by atomic mass is 31.1. The molecule has 2 atom stereocenters. The summed E-state index contributed by atoms with van der Waals surface area (Å²) >= 11 is 0. The second kappa shape index (κ2) is 4.92. The Morgan fingerprint density at radius 3 is 2.67 bits per heavy atom. The van der Waals surface area contributed by atoms with Crippen LogP contribution >= 0.6 is 18.8 Å². The first-order chi connectivity index (χ1) is 5.68. The fourth-order valence-corrected chi connectivity index (χ4v) is 1.38. The van der Waals surface area contributed by atoms with E-state index in [9.17, 15) is 0 Å². The quantitative estimate of drug-likeness (QED) is 0.676. The summed E-state index contributed by atoms with van der Waals surface area (Å²) < 4.78 is 2.04. The van der Waals surface area contributed by atoms with Gasteiger partial charge in [-0.3, -0.25) is 4.44 Å². The standard InChI is InChI=1S/C9H15NP2/c1-8-3-2-4-9(7-8)5-6-10(11)12/h2-4,7H,5-6,11-12H2,1H3. The van der Waals surface area contributed by atoms with Gasteiger partial charge in [0.2, 0.25) is 0 Å². The summed E-state index contributed by atoms with van der Waals surface area (Å²) in [5.74, 6) is 0. The topological polar surface area (TPSA) is 3.24 Å². The molecule has 0 spiro atoms. The molecule has 1 nitrogen and oxygen atoms in total. The zero-order valence-electron chi connectivity index (χ0n) is 7.33. The Kier molecular flexibility index (Phi) is 4.15. The van der Waals surface area contributed by atoms with Crippen LogP contribution in [0.5, 0.6) is 0 Å². The first-order valence-corrected chi connectivity index (χ1v) is 5.04. The minimum atomic E-state index is 1.05. The van der Waals surface area contributed by atoms with Crippen molar-refractivity contribution >= 4 is 18.8 Å². The molecule has 12 heavy (non-hydrogen) atoms. The van der Waals surface area contributed by atoms with Crippen molar-refractivity contribution < 1.29 is 0 Å². The third-order valence-corrected chi connectivity index (χ3v) is 2.26. The van der Waals surface area contributed by atoms with Gasteiger partial charge >= 0.3 is 0 Å². The Labute approximate surface area is 79.1 Å². The van der Waals surface area contributed by atoms with Gasteiger partial charge in [0.15, 0.2) is 0 Å².